The summed E-state index contributed by atoms with van der Waals surface area (Å²) in [6.07, 6.45) is 1.71. The van der Waals surface area contributed by atoms with Crippen LogP contribution in [0.15, 0.2) is 0 Å². The zero-order valence-electron chi connectivity index (χ0n) is 8.52. The standard InChI is InChI=1S/C10H15N3O2/c11-5-7-2-1-3-13(7)10(15)9-4-8(14)6-12-9/h7-9,12,14H,1-4,6H2/t7?,8-,9+/m1/s1. The van der Waals surface area contributed by atoms with E-state index >= 15 is 0 Å². The van der Waals surface area contributed by atoms with E-state index in [-0.39, 0.29) is 18.0 Å². The minimum Gasteiger partial charge on any atom is -0.392 e. The van der Waals surface area contributed by atoms with Gasteiger partial charge in [0, 0.05) is 13.1 Å². The molecule has 1 unspecified atom stereocenters. The van der Waals surface area contributed by atoms with Crippen molar-refractivity contribution in [1.29, 1.82) is 5.26 Å². The predicted octanol–water partition coefficient (Wildman–Crippen LogP) is -0.776. The van der Waals surface area contributed by atoms with Crippen LogP contribution in [0.5, 0.6) is 0 Å². The molecule has 2 saturated heterocycles. The molecule has 2 N–H and O–H groups in total. The zero-order valence-corrected chi connectivity index (χ0v) is 8.52. The van der Waals surface area contributed by atoms with Crippen molar-refractivity contribution in [3.63, 3.8) is 0 Å². The molecule has 82 valence electrons. The molecule has 0 bridgehead atoms. The Balaban J connectivity index is 1.99. The van der Waals surface area contributed by atoms with Gasteiger partial charge in [-0.3, -0.25) is 4.79 Å². The van der Waals surface area contributed by atoms with Crippen LogP contribution >= 0.6 is 0 Å². The largest absolute Gasteiger partial charge is 0.392 e. The molecule has 0 aromatic heterocycles. The number of nitrogens with zero attached hydrogens (tertiary/aromatic N) is 2. The molecule has 5 nitrogen and oxygen atoms in total. The van der Waals surface area contributed by atoms with Gasteiger partial charge in [-0.1, -0.05) is 0 Å². The molecule has 0 spiro atoms. The molecule has 3 atom stereocenters. The summed E-state index contributed by atoms with van der Waals surface area (Å²) in [5.74, 6) is -0.0319. The van der Waals surface area contributed by atoms with Crippen LogP contribution in [0.25, 0.3) is 0 Å². The summed E-state index contributed by atoms with van der Waals surface area (Å²) in [6, 6.07) is 1.58. The molecule has 15 heavy (non-hydrogen) atoms. The molecule has 2 rings (SSSR count). The van der Waals surface area contributed by atoms with Gasteiger partial charge in [0.05, 0.1) is 18.2 Å². The summed E-state index contributed by atoms with van der Waals surface area (Å²) in [6.45, 7) is 1.15. The number of β-amino-alcohol motifs (C(OH)–C–C–N with tert-alkyl or cyclic N) is 1. The van der Waals surface area contributed by atoms with Gasteiger partial charge in [0.25, 0.3) is 0 Å². The molecular weight excluding hydrogens is 194 g/mol. The highest BCUT2D eigenvalue weighted by Crippen LogP contribution is 2.19. The van der Waals surface area contributed by atoms with Crippen LogP contribution in [0.4, 0.5) is 0 Å². The Morgan fingerprint density at radius 2 is 2.40 bits per heavy atom. The zero-order chi connectivity index (χ0) is 10.8. The van der Waals surface area contributed by atoms with Crippen LogP contribution in [-0.2, 0) is 4.79 Å². The Labute approximate surface area is 88.7 Å². The van der Waals surface area contributed by atoms with Crippen molar-refractivity contribution in [2.75, 3.05) is 13.1 Å². The summed E-state index contributed by atoms with van der Waals surface area (Å²) >= 11 is 0. The van der Waals surface area contributed by atoms with E-state index in [1.54, 1.807) is 4.90 Å². The van der Waals surface area contributed by atoms with Crippen molar-refractivity contribution in [2.24, 2.45) is 0 Å². The van der Waals surface area contributed by atoms with Gasteiger partial charge in [-0.25, -0.2) is 0 Å². The Kier molecular flexibility index (Phi) is 2.89. The lowest BCUT2D eigenvalue weighted by Gasteiger charge is -2.23. The fourth-order valence-corrected chi connectivity index (χ4v) is 2.27. The third-order valence-corrected chi connectivity index (χ3v) is 3.09. The normalized spacial score (nSPS) is 35.5. The van der Waals surface area contributed by atoms with E-state index in [4.69, 9.17) is 5.26 Å². The van der Waals surface area contributed by atoms with E-state index in [0.717, 1.165) is 12.8 Å². The SMILES string of the molecule is N#CC1CCCN1C(=O)[C@@H]1C[C@@H](O)CN1. The summed E-state index contributed by atoms with van der Waals surface area (Å²) in [5.41, 5.74) is 0. The fourth-order valence-electron chi connectivity index (χ4n) is 2.27. The number of carbonyl (C=O) groups is 1. The maximum atomic E-state index is 12.0. The monoisotopic (exact) mass is 209 g/mol. The quantitative estimate of drug-likeness (QED) is 0.594. The van der Waals surface area contributed by atoms with Gasteiger partial charge in [0.15, 0.2) is 0 Å². The molecule has 0 aromatic rings. The summed E-state index contributed by atoms with van der Waals surface area (Å²) < 4.78 is 0. The maximum Gasteiger partial charge on any atom is 0.240 e. The van der Waals surface area contributed by atoms with E-state index in [1.807, 2.05) is 0 Å². The lowest BCUT2D eigenvalue weighted by atomic mass is 10.1. The van der Waals surface area contributed by atoms with E-state index in [2.05, 4.69) is 11.4 Å². The molecule has 2 aliphatic rings. The van der Waals surface area contributed by atoms with Crippen LogP contribution in [0, 0.1) is 11.3 Å². The second kappa shape index (κ2) is 4.17. The average molecular weight is 209 g/mol. The fraction of sp³-hybridized carbons (Fsp3) is 0.800. The molecule has 1 amide bonds. The topological polar surface area (TPSA) is 76.4 Å². The number of amides is 1. The highest BCUT2D eigenvalue weighted by atomic mass is 16.3. The van der Waals surface area contributed by atoms with Gasteiger partial charge < -0.3 is 15.3 Å². The van der Waals surface area contributed by atoms with Crippen molar-refractivity contribution in [3.05, 3.63) is 0 Å². The number of aliphatic hydroxyl groups excluding tert-OH is 1. The maximum absolute atomic E-state index is 12.0. The first kappa shape index (κ1) is 10.4. The second-order valence-corrected chi connectivity index (χ2v) is 4.17. The highest BCUT2D eigenvalue weighted by Gasteiger charge is 2.36. The molecule has 2 fully saturated rings. The van der Waals surface area contributed by atoms with Crippen molar-refractivity contribution >= 4 is 5.91 Å². The van der Waals surface area contributed by atoms with Crippen molar-refractivity contribution in [1.82, 2.24) is 10.2 Å². The van der Waals surface area contributed by atoms with E-state index in [9.17, 15) is 9.90 Å². The number of nitrogens with one attached hydrogen (secondary N) is 1. The number of likely N-dealkylation sites (tertiary alicyclic amines) is 1. The number of aliphatic hydroxyl groups is 1. The Morgan fingerprint density at radius 1 is 1.60 bits per heavy atom. The molecule has 2 aliphatic heterocycles. The van der Waals surface area contributed by atoms with Crippen molar-refractivity contribution in [3.8, 4) is 6.07 Å². The first-order chi connectivity index (χ1) is 7.22. The first-order valence-corrected chi connectivity index (χ1v) is 5.34. The van der Waals surface area contributed by atoms with Crippen LogP contribution < -0.4 is 5.32 Å². The summed E-state index contributed by atoms with van der Waals surface area (Å²) in [7, 11) is 0. The number of hydrogen-bond donors (Lipinski definition) is 2. The van der Waals surface area contributed by atoms with E-state index in [0.29, 0.717) is 19.5 Å². The van der Waals surface area contributed by atoms with Gasteiger partial charge in [-0.05, 0) is 19.3 Å². The number of carbonyl (C=O) groups excluding carboxylic acids is 1. The second-order valence-electron chi connectivity index (χ2n) is 4.17. The number of hydrogen-bond acceptors (Lipinski definition) is 4. The molecule has 2 heterocycles. The Hall–Kier alpha value is -1.12. The van der Waals surface area contributed by atoms with Crippen molar-refractivity contribution in [2.45, 2.75) is 37.5 Å². The van der Waals surface area contributed by atoms with Crippen LogP contribution in [0.2, 0.25) is 0 Å². The van der Waals surface area contributed by atoms with Gasteiger partial charge in [-0.2, -0.15) is 5.26 Å². The Bertz CT molecular complexity index is 300. The Morgan fingerprint density at radius 3 is 3.00 bits per heavy atom. The minimum atomic E-state index is -0.429. The number of nitriles is 1. The third kappa shape index (κ3) is 1.96. The number of rotatable bonds is 1. The van der Waals surface area contributed by atoms with Crippen LogP contribution in [0.1, 0.15) is 19.3 Å². The molecule has 0 radical (unpaired) electrons. The smallest absolute Gasteiger partial charge is 0.240 e. The first-order valence-electron chi connectivity index (χ1n) is 5.34. The summed E-state index contributed by atoms with van der Waals surface area (Å²) in [5, 5.41) is 21.2. The van der Waals surface area contributed by atoms with E-state index in [1.165, 1.54) is 0 Å². The van der Waals surface area contributed by atoms with Gasteiger partial charge in [-0.15, -0.1) is 0 Å². The van der Waals surface area contributed by atoms with Crippen LogP contribution in [0.3, 0.4) is 0 Å². The molecule has 0 aliphatic carbocycles. The van der Waals surface area contributed by atoms with E-state index < -0.39 is 6.10 Å². The van der Waals surface area contributed by atoms with Crippen LogP contribution in [-0.4, -0.2) is 47.2 Å². The molecule has 5 heteroatoms. The highest BCUT2D eigenvalue weighted by molar-refractivity contribution is 5.83. The summed E-state index contributed by atoms with van der Waals surface area (Å²) in [4.78, 5) is 13.6. The van der Waals surface area contributed by atoms with Crippen molar-refractivity contribution < 1.29 is 9.90 Å². The van der Waals surface area contributed by atoms with Gasteiger partial charge >= 0.3 is 0 Å². The molecular formula is C10H15N3O2. The lowest BCUT2D eigenvalue weighted by molar-refractivity contribution is -0.133. The lowest BCUT2D eigenvalue weighted by Crippen LogP contribution is -2.45. The third-order valence-electron chi connectivity index (χ3n) is 3.09. The van der Waals surface area contributed by atoms with Gasteiger partial charge in [0.1, 0.15) is 6.04 Å². The van der Waals surface area contributed by atoms with Gasteiger partial charge in [0.2, 0.25) is 5.91 Å². The average Bonchev–Trinajstić information content (AvgIpc) is 2.84. The predicted molar refractivity (Wildman–Crippen MR) is 52.8 cm³/mol. The molecule has 0 saturated carbocycles. The molecule has 0 aromatic carbocycles. The minimum absolute atomic E-state index is 0.0319.